The van der Waals surface area contributed by atoms with Gasteiger partial charge in [0.15, 0.2) is 0 Å². The van der Waals surface area contributed by atoms with E-state index >= 15 is 0 Å². The fourth-order valence-electron chi connectivity index (χ4n) is 3.33. The highest BCUT2D eigenvalue weighted by Crippen LogP contribution is 2.43. The number of anilines is 1. The predicted octanol–water partition coefficient (Wildman–Crippen LogP) is 5.99. The number of carbonyl (C=O) groups excluding carboxylic acids is 1. The molecule has 0 spiro atoms. The van der Waals surface area contributed by atoms with Gasteiger partial charge in [0.2, 0.25) is 0 Å². The van der Waals surface area contributed by atoms with Crippen molar-refractivity contribution < 1.29 is 9.53 Å². The first-order chi connectivity index (χ1) is 15.1. The van der Waals surface area contributed by atoms with Gasteiger partial charge in [-0.1, -0.05) is 29.3 Å². The summed E-state index contributed by atoms with van der Waals surface area (Å²) in [4.78, 5) is 13.1. The third-order valence-electron chi connectivity index (χ3n) is 4.95. The van der Waals surface area contributed by atoms with Crippen molar-refractivity contribution in [1.29, 1.82) is 5.26 Å². The van der Waals surface area contributed by atoms with E-state index in [0.29, 0.717) is 52.2 Å². The van der Waals surface area contributed by atoms with Gasteiger partial charge in [-0.2, -0.15) is 10.4 Å². The van der Waals surface area contributed by atoms with E-state index in [1.165, 1.54) is 0 Å². The normalized spacial score (nSPS) is 12.9. The van der Waals surface area contributed by atoms with E-state index in [9.17, 15) is 4.79 Å². The molecule has 1 saturated carbocycles. The van der Waals surface area contributed by atoms with E-state index in [2.05, 4.69) is 16.5 Å². The number of nitrogens with one attached hydrogen (secondary N) is 1. The van der Waals surface area contributed by atoms with Crippen LogP contribution in [-0.2, 0) is 0 Å². The van der Waals surface area contributed by atoms with Crippen LogP contribution in [-0.4, -0.2) is 22.3 Å². The Morgan fingerprint density at radius 3 is 2.84 bits per heavy atom. The van der Waals surface area contributed by atoms with Gasteiger partial charge in [0.05, 0.1) is 40.8 Å². The number of hydrogen-bond donors (Lipinski definition) is 1. The molecule has 8 heteroatoms. The van der Waals surface area contributed by atoms with Gasteiger partial charge in [-0.05, 0) is 49.6 Å². The fourth-order valence-corrected chi connectivity index (χ4v) is 3.82. The lowest BCUT2D eigenvalue weighted by atomic mass is 10.1. The first-order valence-electron chi connectivity index (χ1n) is 10.0. The van der Waals surface area contributed by atoms with Crippen molar-refractivity contribution in [2.75, 3.05) is 11.9 Å². The van der Waals surface area contributed by atoms with Crippen LogP contribution < -0.4 is 10.1 Å². The van der Waals surface area contributed by atoms with Gasteiger partial charge >= 0.3 is 0 Å². The van der Waals surface area contributed by atoms with E-state index in [1.54, 1.807) is 41.2 Å². The van der Waals surface area contributed by atoms with Crippen LogP contribution in [0.2, 0.25) is 10.0 Å². The Kier molecular flexibility index (Phi) is 6.45. The lowest BCUT2D eigenvalue weighted by Gasteiger charge is -2.12. The number of unbranched alkanes of at least 4 members (excludes halogenated alkanes) is 1. The van der Waals surface area contributed by atoms with Crippen LogP contribution in [0.25, 0.3) is 5.69 Å². The van der Waals surface area contributed by atoms with Crippen LogP contribution in [0, 0.1) is 11.3 Å². The van der Waals surface area contributed by atoms with Crippen molar-refractivity contribution in [3.05, 3.63) is 70.0 Å². The Hall–Kier alpha value is -3.01. The average molecular weight is 455 g/mol. The zero-order chi connectivity index (χ0) is 21.8. The molecule has 1 amide bonds. The van der Waals surface area contributed by atoms with Gasteiger partial charge in [-0.25, -0.2) is 4.68 Å². The Labute approximate surface area is 190 Å². The molecule has 0 radical (unpaired) electrons. The number of halogens is 2. The van der Waals surface area contributed by atoms with Crippen LogP contribution in [0.3, 0.4) is 0 Å². The van der Waals surface area contributed by atoms with Crippen molar-refractivity contribution in [2.24, 2.45) is 0 Å². The monoisotopic (exact) mass is 454 g/mol. The van der Waals surface area contributed by atoms with E-state index in [0.717, 1.165) is 18.5 Å². The second-order valence-corrected chi connectivity index (χ2v) is 8.16. The number of rotatable bonds is 8. The zero-order valence-corrected chi connectivity index (χ0v) is 18.2. The summed E-state index contributed by atoms with van der Waals surface area (Å²) < 4.78 is 7.38. The number of benzene rings is 2. The summed E-state index contributed by atoms with van der Waals surface area (Å²) in [5, 5.41) is 17.0. The number of nitriles is 1. The van der Waals surface area contributed by atoms with Crippen LogP contribution in [0.1, 0.15) is 47.7 Å². The summed E-state index contributed by atoms with van der Waals surface area (Å²) in [6, 6.07) is 14.5. The molecule has 1 N–H and O–H groups in total. The van der Waals surface area contributed by atoms with Gasteiger partial charge in [-0.3, -0.25) is 4.79 Å². The molecule has 0 aliphatic heterocycles. The fraction of sp³-hybridized carbons (Fsp3) is 0.261. The minimum absolute atomic E-state index is 0.236. The maximum absolute atomic E-state index is 13.1. The third-order valence-corrected chi connectivity index (χ3v) is 5.48. The highest BCUT2D eigenvalue weighted by Gasteiger charge is 2.33. The maximum atomic E-state index is 13.1. The molecule has 1 fully saturated rings. The summed E-state index contributed by atoms with van der Waals surface area (Å²) in [7, 11) is 0. The maximum Gasteiger partial charge on any atom is 0.259 e. The molecule has 0 saturated heterocycles. The summed E-state index contributed by atoms with van der Waals surface area (Å²) in [5.74, 6) is 0.673. The molecule has 0 unspecified atom stereocenters. The molecule has 0 atom stereocenters. The molecule has 2 aromatic carbocycles. The first kappa shape index (κ1) is 21.2. The molecule has 1 aliphatic carbocycles. The molecule has 6 nitrogen and oxygen atoms in total. The van der Waals surface area contributed by atoms with Gasteiger partial charge in [-0.15, -0.1) is 0 Å². The van der Waals surface area contributed by atoms with Crippen LogP contribution >= 0.6 is 23.2 Å². The third kappa shape index (κ3) is 5.01. The molecule has 3 aromatic rings. The van der Waals surface area contributed by atoms with Crippen molar-refractivity contribution in [2.45, 2.75) is 31.6 Å². The average Bonchev–Trinajstić information content (AvgIpc) is 3.50. The standard InChI is InChI=1S/C23H20Cl2N4O2/c24-16-8-9-21(20(25)12-16)29-22(15-6-7-15)19(14-27-29)23(30)28-17-4-3-5-18(13-17)31-11-2-1-10-26/h3-5,8-9,12-15H,1-2,6-7,11H2,(H,28,30). The Balaban J connectivity index is 1.55. The summed E-state index contributed by atoms with van der Waals surface area (Å²) in [6.07, 6.45) is 4.69. The highest BCUT2D eigenvalue weighted by atomic mass is 35.5. The second kappa shape index (κ2) is 9.42. The summed E-state index contributed by atoms with van der Waals surface area (Å²) in [6.45, 7) is 0.450. The quantitative estimate of drug-likeness (QED) is 0.423. The number of nitrogens with zero attached hydrogens (tertiary/aromatic N) is 3. The number of ether oxygens (including phenoxy) is 1. The first-order valence-corrected chi connectivity index (χ1v) is 10.8. The van der Waals surface area contributed by atoms with Crippen molar-refractivity contribution >= 4 is 34.8 Å². The summed E-state index contributed by atoms with van der Waals surface area (Å²) in [5.41, 5.74) is 2.70. The van der Waals surface area contributed by atoms with Crippen LogP contribution in [0.5, 0.6) is 5.75 Å². The second-order valence-electron chi connectivity index (χ2n) is 7.32. The van der Waals surface area contributed by atoms with Crippen LogP contribution in [0.4, 0.5) is 5.69 Å². The lowest BCUT2D eigenvalue weighted by Crippen LogP contribution is -2.14. The minimum Gasteiger partial charge on any atom is -0.493 e. The lowest BCUT2D eigenvalue weighted by molar-refractivity contribution is 0.102. The predicted molar refractivity (Wildman–Crippen MR) is 120 cm³/mol. The smallest absolute Gasteiger partial charge is 0.259 e. The van der Waals surface area contributed by atoms with E-state index in [1.807, 2.05) is 12.1 Å². The van der Waals surface area contributed by atoms with Crippen molar-refractivity contribution in [3.63, 3.8) is 0 Å². The molecule has 1 aliphatic rings. The molecule has 0 bridgehead atoms. The Morgan fingerprint density at radius 2 is 2.10 bits per heavy atom. The SMILES string of the molecule is N#CCCCOc1cccc(NC(=O)c2cnn(-c3ccc(Cl)cc3Cl)c2C2CC2)c1. The zero-order valence-electron chi connectivity index (χ0n) is 16.6. The minimum atomic E-state index is -0.236. The molecule has 158 valence electrons. The highest BCUT2D eigenvalue weighted by molar-refractivity contribution is 6.35. The molecular weight excluding hydrogens is 435 g/mol. The van der Waals surface area contributed by atoms with Crippen molar-refractivity contribution in [3.8, 4) is 17.5 Å². The molecule has 31 heavy (non-hydrogen) atoms. The largest absolute Gasteiger partial charge is 0.493 e. The molecule has 1 heterocycles. The van der Waals surface area contributed by atoms with Gasteiger partial charge in [0, 0.05) is 29.1 Å². The van der Waals surface area contributed by atoms with E-state index in [-0.39, 0.29) is 11.8 Å². The van der Waals surface area contributed by atoms with E-state index in [4.69, 9.17) is 33.2 Å². The molecule has 4 rings (SSSR count). The molecule has 1 aromatic heterocycles. The number of hydrogen-bond acceptors (Lipinski definition) is 4. The number of amides is 1. The summed E-state index contributed by atoms with van der Waals surface area (Å²) >= 11 is 12.4. The van der Waals surface area contributed by atoms with Crippen molar-refractivity contribution in [1.82, 2.24) is 9.78 Å². The molecular formula is C23H20Cl2N4O2. The van der Waals surface area contributed by atoms with Gasteiger partial charge in [0.1, 0.15) is 5.75 Å². The number of aromatic nitrogens is 2. The van der Waals surface area contributed by atoms with E-state index < -0.39 is 0 Å². The van der Waals surface area contributed by atoms with Gasteiger partial charge < -0.3 is 10.1 Å². The van der Waals surface area contributed by atoms with Crippen LogP contribution in [0.15, 0.2) is 48.7 Å². The Morgan fingerprint density at radius 1 is 1.26 bits per heavy atom. The Bertz CT molecular complexity index is 1150. The van der Waals surface area contributed by atoms with Gasteiger partial charge in [0.25, 0.3) is 5.91 Å². The number of carbonyl (C=O) groups is 1. The topological polar surface area (TPSA) is 79.9 Å².